The molecule has 0 bridgehead atoms. The molecule has 1 fully saturated rings. The fourth-order valence-corrected chi connectivity index (χ4v) is 4.11. The van der Waals surface area contributed by atoms with Gasteiger partial charge in [0.15, 0.2) is 0 Å². The number of amides is 1. The topological polar surface area (TPSA) is 73.9 Å². The number of hydrogen-bond donors (Lipinski definition) is 1. The van der Waals surface area contributed by atoms with E-state index in [4.69, 9.17) is 37.4 Å². The maximum atomic E-state index is 13.4. The number of benzene rings is 2. The quantitative estimate of drug-likeness (QED) is 0.698. The summed E-state index contributed by atoms with van der Waals surface area (Å²) in [5, 5.41) is 3.84. The van der Waals surface area contributed by atoms with Crippen LogP contribution in [0.2, 0.25) is 10.0 Å². The van der Waals surface area contributed by atoms with E-state index in [0.29, 0.717) is 53.1 Å². The molecule has 1 aliphatic heterocycles. The van der Waals surface area contributed by atoms with Crippen molar-refractivity contribution in [3.05, 3.63) is 57.6 Å². The molecule has 2 aromatic rings. The van der Waals surface area contributed by atoms with Crippen LogP contribution in [0.4, 0.5) is 5.69 Å². The average molecular weight is 438 g/mol. The van der Waals surface area contributed by atoms with Gasteiger partial charge in [0.1, 0.15) is 11.3 Å². The van der Waals surface area contributed by atoms with Gasteiger partial charge in [-0.1, -0.05) is 29.3 Å². The molecule has 1 amide bonds. The Labute approximate surface area is 179 Å². The van der Waals surface area contributed by atoms with Crippen LogP contribution in [-0.4, -0.2) is 39.3 Å². The summed E-state index contributed by atoms with van der Waals surface area (Å²) in [6, 6.07) is 9.93. The monoisotopic (exact) mass is 437 g/mol. The van der Waals surface area contributed by atoms with Crippen molar-refractivity contribution in [3.63, 3.8) is 0 Å². The van der Waals surface area contributed by atoms with Crippen LogP contribution >= 0.6 is 23.2 Å². The van der Waals surface area contributed by atoms with Crippen molar-refractivity contribution >= 4 is 40.8 Å². The molecule has 0 radical (unpaired) electrons. The standard InChI is InChI=1S/C21H21Cl2NO5/c1-27-18-6-4-14(12-15(18)19(25)28-2)24-20(26)21(7-9-29-10-8-21)16-5-3-13(22)11-17(16)23/h3-6,11-12H,7-10H2,1-2H3,(H,24,26). The number of anilines is 1. The molecule has 0 saturated carbocycles. The van der Waals surface area contributed by atoms with Gasteiger partial charge in [-0.3, -0.25) is 4.79 Å². The molecule has 0 aromatic heterocycles. The highest BCUT2D eigenvalue weighted by Crippen LogP contribution is 2.40. The second-order valence-corrected chi connectivity index (χ2v) is 7.52. The number of carbonyl (C=O) groups excluding carboxylic acids is 2. The number of nitrogens with one attached hydrogen (secondary N) is 1. The number of halogens is 2. The molecule has 0 atom stereocenters. The van der Waals surface area contributed by atoms with E-state index in [2.05, 4.69) is 5.32 Å². The summed E-state index contributed by atoms with van der Waals surface area (Å²) in [6.45, 7) is 0.866. The minimum absolute atomic E-state index is 0.221. The third-order valence-electron chi connectivity index (χ3n) is 5.09. The minimum Gasteiger partial charge on any atom is -0.496 e. The van der Waals surface area contributed by atoms with Gasteiger partial charge in [0.05, 0.1) is 19.6 Å². The van der Waals surface area contributed by atoms with Crippen LogP contribution in [0, 0.1) is 0 Å². The molecule has 8 heteroatoms. The third kappa shape index (κ3) is 4.34. The van der Waals surface area contributed by atoms with Crippen LogP contribution in [0.3, 0.4) is 0 Å². The molecule has 2 aromatic carbocycles. The number of esters is 1. The van der Waals surface area contributed by atoms with Gasteiger partial charge in [-0.15, -0.1) is 0 Å². The van der Waals surface area contributed by atoms with E-state index >= 15 is 0 Å². The van der Waals surface area contributed by atoms with Gasteiger partial charge >= 0.3 is 5.97 Å². The van der Waals surface area contributed by atoms with Gasteiger partial charge in [0.25, 0.3) is 0 Å². The Morgan fingerprint density at radius 3 is 2.41 bits per heavy atom. The predicted molar refractivity (Wildman–Crippen MR) is 111 cm³/mol. The number of ether oxygens (including phenoxy) is 3. The SMILES string of the molecule is COC(=O)c1cc(NC(=O)C2(c3ccc(Cl)cc3Cl)CCOCC2)ccc1OC. The average Bonchev–Trinajstić information content (AvgIpc) is 2.73. The molecule has 6 nitrogen and oxygen atoms in total. The first-order valence-corrected chi connectivity index (χ1v) is 9.78. The zero-order chi connectivity index (χ0) is 21.0. The maximum absolute atomic E-state index is 13.4. The molecule has 1 aliphatic rings. The number of methoxy groups -OCH3 is 2. The molecule has 29 heavy (non-hydrogen) atoms. The van der Waals surface area contributed by atoms with Crippen LogP contribution in [0.5, 0.6) is 5.75 Å². The first kappa shape index (κ1) is 21.4. The van der Waals surface area contributed by atoms with Crippen molar-refractivity contribution in [2.45, 2.75) is 18.3 Å². The number of rotatable bonds is 5. The fourth-order valence-electron chi connectivity index (χ4n) is 3.52. The van der Waals surface area contributed by atoms with Gasteiger partial charge in [0, 0.05) is 28.9 Å². The van der Waals surface area contributed by atoms with Crippen LogP contribution < -0.4 is 10.1 Å². The zero-order valence-electron chi connectivity index (χ0n) is 16.1. The Balaban J connectivity index is 1.97. The van der Waals surface area contributed by atoms with Crippen molar-refractivity contribution in [1.29, 1.82) is 0 Å². The second-order valence-electron chi connectivity index (χ2n) is 6.68. The Morgan fingerprint density at radius 1 is 1.07 bits per heavy atom. The molecule has 3 rings (SSSR count). The first-order valence-electron chi connectivity index (χ1n) is 9.02. The largest absolute Gasteiger partial charge is 0.496 e. The lowest BCUT2D eigenvalue weighted by Gasteiger charge is -2.37. The minimum atomic E-state index is -0.870. The lowest BCUT2D eigenvalue weighted by Crippen LogP contribution is -2.45. The second kappa shape index (κ2) is 9.03. The first-order chi connectivity index (χ1) is 13.9. The summed E-state index contributed by atoms with van der Waals surface area (Å²) in [7, 11) is 2.74. The highest BCUT2D eigenvalue weighted by Gasteiger charge is 2.43. The maximum Gasteiger partial charge on any atom is 0.341 e. The molecular formula is C21H21Cl2NO5. The van der Waals surface area contributed by atoms with Gasteiger partial charge in [-0.05, 0) is 48.7 Å². The van der Waals surface area contributed by atoms with E-state index < -0.39 is 11.4 Å². The summed E-state index contributed by atoms with van der Waals surface area (Å²) in [6.07, 6.45) is 0.945. The number of carbonyl (C=O) groups is 2. The summed E-state index contributed by atoms with van der Waals surface area (Å²) >= 11 is 12.5. The molecule has 1 N–H and O–H groups in total. The molecular weight excluding hydrogens is 417 g/mol. The molecule has 0 aliphatic carbocycles. The van der Waals surface area contributed by atoms with Gasteiger partial charge in [-0.25, -0.2) is 4.79 Å². The van der Waals surface area contributed by atoms with Gasteiger partial charge < -0.3 is 19.5 Å². The molecule has 0 unspecified atom stereocenters. The Bertz CT molecular complexity index is 925. The van der Waals surface area contributed by atoms with E-state index in [1.165, 1.54) is 20.3 Å². The predicted octanol–water partition coefficient (Wildman–Crippen LogP) is 4.48. The van der Waals surface area contributed by atoms with Gasteiger partial charge in [-0.2, -0.15) is 0 Å². The van der Waals surface area contributed by atoms with Crippen molar-refractivity contribution in [2.75, 3.05) is 32.8 Å². The van der Waals surface area contributed by atoms with Crippen molar-refractivity contribution in [2.24, 2.45) is 0 Å². The smallest absolute Gasteiger partial charge is 0.341 e. The van der Waals surface area contributed by atoms with E-state index in [9.17, 15) is 9.59 Å². The summed E-state index contributed by atoms with van der Waals surface area (Å²) in [4.78, 5) is 25.5. The Hall–Kier alpha value is -2.28. The zero-order valence-corrected chi connectivity index (χ0v) is 17.6. The highest BCUT2D eigenvalue weighted by atomic mass is 35.5. The summed E-state index contributed by atoms with van der Waals surface area (Å²) in [5.41, 5.74) is 0.502. The van der Waals surface area contributed by atoms with E-state index in [0.717, 1.165) is 0 Å². The molecule has 154 valence electrons. The normalized spacial score (nSPS) is 15.4. The van der Waals surface area contributed by atoms with E-state index in [-0.39, 0.29) is 11.5 Å². The Morgan fingerprint density at radius 2 is 1.79 bits per heavy atom. The van der Waals surface area contributed by atoms with Crippen LogP contribution in [-0.2, 0) is 19.7 Å². The molecule has 1 heterocycles. The van der Waals surface area contributed by atoms with E-state index in [1.54, 1.807) is 30.3 Å². The highest BCUT2D eigenvalue weighted by molar-refractivity contribution is 6.35. The van der Waals surface area contributed by atoms with Crippen molar-refractivity contribution < 1.29 is 23.8 Å². The summed E-state index contributed by atoms with van der Waals surface area (Å²) in [5.74, 6) is -0.429. The van der Waals surface area contributed by atoms with E-state index in [1.807, 2.05) is 0 Å². The molecule has 0 spiro atoms. The molecule has 1 saturated heterocycles. The third-order valence-corrected chi connectivity index (χ3v) is 5.64. The van der Waals surface area contributed by atoms with Crippen LogP contribution in [0.1, 0.15) is 28.8 Å². The van der Waals surface area contributed by atoms with Crippen LogP contribution in [0.15, 0.2) is 36.4 Å². The van der Waals surface area contributed by atoms with Crippen molar-refractivity contribution in [1.82, 2.24) is 0 Å². The lowest BCUT2D eigenvalue weighted by atomic mass is 9.73. The van der Waals surface area contributed by atoms with Crippen LogP contribution in [0.25, 0.3) is 0 Å². The summed E-state index contributed by atoms with van der Waals surface area (Å²) < 4.78 is 15.5. The number of hydrogen-bond acceptors (Lipinski definition) is 5. The fraction of sp³-hybridized carbons (Fsp3) is 0.333. The van der Waals surface area contributed by atoms with Gasteiger partial charge in [0.2, 0.25) is 5.91 Å². The van der Waals surface area contributed by atoms with Crippen molar-refractivity contribution in [3.8, 4) is 5.75 Å². The lowest BCUT2D eigenvalue weighted by molar-refractivity contribution is -0.125. The Kier molecular flexibility index (Phi) is 6.67.